The number of nitrogens with two attached hydrogens (primary N) is 1. The van der Waals surface area contributed by atoms with Crippen molar-refractivity contribution in [3.8, 4) is 0 Å². The predicted octanol–water partition coefficient (Wildman–Crippen LogP) is 1.23. The van der Waals surface area contributed by atoms with Crippen LogP contribution in [-0.2, 0) is 4.79 Å². The molecule has 14 heavy (non-hydrogen) atoms. The predicted molar refractivity (Wildman–Crippen MR) is 57.8 cm³/mol. The Balaban J connectivity index is 2.89. The van der Waals surface area contributed by atoms with Crippen molar-refractivity contribution >= 4 is 5.91 Å². The molecule has 82 valence electrons. The lowest BCUT2D eigenvalue weighted by molar-refractivity contribution is -0.148. The van der Waals surface area contributed by atoms with E-state index in [0.29, 0.717) is 18.4 Å². The van der Waals surface area contributed by atoms with Crippen molar-refractivity contribution in [3.05, 3.63) is 0 Å². The smallest absolute Gasteiger partial charge is 0.228 e. The van der Waals surface area contributed by atoms with Crippen LogP contribution in [0.25, 0.3) is 0 Å². The van der Waals surface area contributed by atoms with Gasteiger partial charge in [-0.3, -0.25) is 4.79 Å². The zero-order valence-corrected chi connectivity index (χ0v) is 9.55. The average molecular weight is 198 g/mol. The van der Waals surface area contributed by atoms with Gasteiger partial charge in [0, 0.05) is 13.6 Å². The summed E-state index contributed by atoms with van der Waals surface area (Å²) in [5.74, 6) is 0.686. The number of carbonyl (C=O) groups is 1. The summed E-state index contributed by atoms with van der Waals surface area (Å²) in [5.41, 5.74) is 5.44. The summed E-state index contributed by atoms with van der Waals surface area (Å²) in [5, 5.41) is 0. The summed E-state index contributed by atoms with van der Waals surface area (Å²) >= 11 is 0. The molecule has 1 aliphatic rings. The van der Waals surface area contributed by atoms with E-state index in [4.69, 9.17) is 5.73 Å². The van der Waals surface area contributed by atoms with E-state index >= 15 is 0 Å². The second kappa shape index (κ2) is 4.30. The van der Waals surface area contributed by atoms with Crippen LogP contribution in [0.15, 0.2) is 0 Å². The molecule has 0 spiro atoms. The summed E-state index contributed by atoms with van der Waals surface area (Å²) in [7, 11) is 1.90. The zero-order valence-electron chi connectivity index (χ0n) is 9.55. The molecule has 0 aromatic heterocycles. The molecule has 1 aliphatic heterocycles. The Morgan fingerprint density at radius 1 is 1.57 bits per heavy atom. The molecule has 1 rings (SSSR count). The van der Waals surface area contributed by atoms with Gasteiger partial charge in [0.05, 0.1) is 5.41 Å². The van der Waals surface area contributed by atoms with E-state index < -0.39 is 0 Å². The number of rotatable bonds is 3. The first-order valence-electron chi connectivity index (χ1n) is 5.50. The molecule has 3 heteroatoms. The van der Waals surface area contributed by atoms with Crippen molar-refractivity contribution in [3.63, 3.8) is 0 Å². The molecule has 1 heterocycles. The van der Waals surface area contributed by atoms with Crippen molar-refractivity contribution in [1.29, 1.82) is 0 Å². The Kier molecular flexibility index (Phi) is 3.53. The van der Waals surface area contributed by atoms with Gasteiger partial charge in [0.2, 0.25) is 5.91 Å². The molecular weight excluding hydrogens is 176 g/mol. The molecule has 0 aliphatic carbocycles. The van der Waals surface area contributed by atoms with Gasteiger partial charge in [-0.05, 0) is 31.7 Å². The minimum absolute atomic E-state index is 0.179. The molecule has 0 aromatic carbocycles. The van der Waals surface area contributed by atoms with E-state index in [9.17, 15) is 4.79 Å². The molecule has 1 saturated heterocycles. The van der Waals surface area contributed by atoms with Crippen LogP contribution in [-0.4, -0.2) is 30.9 Å². The van der Waals surface area contributed by atoms with Crippen LogP contribution in [0.5, 0.6) is 0 Å². The first-order valence-corrected chi connectivity index (χ1v) is 5.50. The molecule has 0 saturated carbocycles. The van der Waals surface area contributed by atoms with E-state index in [1.807, 2.05) is 11.9 Å². The van der Waals surface area contributed by atoms with Crippen molar-refractivity contribution < 1.29 is 4.79 Å². The topological polar surface area (TPSA) is 46.3 Å². The summed E-state index contributed by atoms with van der Waals surface area (Å²) in [6.07, 6.45) is 2.94. The highest BCUT2D eigenvalue weighted by atomic mass is 16.2. The van der Waals surface area contributed by atoms with E-state index in [-0.39, 0.29) is 5.41 Å². The van der Waals surface area contributed by atoms with Crippen LogP contribution in [0, 0.1) is 11.3 Å². The minimum Gasteiger partial charge on any atom is -0.345 e. The monoisotopic (exact) mass is 198 g/mol. The van der Waals surface area contributed by atoms with Gasteiger partial charge in [0.15, 0.2) is 0 Å². The third kappa shape index (κ3) is 1.78. The fraction of sp³-hybridized carbons (Fsp3) is 0.909. The molecule has 2 N–H and O–H groups in total. The zero-order chi connectivity index (χ0) is 10.8. The highest BCUT2D eigenvalue weighted by molar-refractivity contribution is 5.83. The van der Waals surface area contributed by atoms with Crippen LogP contribution in [0.1, 0.15) is 33.1 Å². The Morgan fingerprint density at radius 2 is 2.21 bits per heavy atom. The number of carbonyl (C=O) groups excluding carboxylic acids is 1. The molecule has 1 amide bonds. The van der Waals surface area contributed by atoms with Crippen LogP contribution in [0.2, 0.25) is 0 Å². The third-order valence-electron chi connectivity index (χ3n) is 3.58. The maximum absolute atomic E-state index is 12.1. The highest BCUT2D eigenvalue weighted by Gasteiger charge is 2.44. The maximum Gasteiger partial charge on any atom is 0.228 e. The van der Waals surface area contributed by atoms with Gasteiger partial charge >= 0.3 is 0 Å². The van der Waals surface area contributed by atoms with Crippen LogP contribution in [0.3, 0.4) is 0 Å². The molecule has 3 nitrogen and oxygen atoms in total. The average Bonchev–Trinajstić information content (AvgIpc) is 2.13. The third-order valence-corrected chi connectivity index (χ3v) is 3.58. The van der Waals surface area contributed by atoms with Crippen molar-refractivity contribution in [2.75, 3.05) is 20.1 Å². The van der Waals surface area contributed by atoms with Crippen LogP contribution < -0.4 is 5.73 Å². The first-order chi connectivity index (χ1) is 6.54. The van der Waals surface area contributed by atoms with E-state index in [2.05, 4.69) is 13.8 Å². The van der Waals surface area contributed by atoms with Crippen molar-refractivity contribution in [2.45, 2.75) is 33.1 Å². The molecule has 1 atom stereocenters. The van der Waals surface area contributed by atoms with Gasteiger partial charge in [-0.1, -0.05) is 13.8 Å². The lowest BCUT2D eigenvalue weighted by Gasteiger charge is -2.43. The molecular formula is C11H22N2O. The summed E-state index contributed by atoms with van der Waals surface area (Å²) in [6, 6.07) is 0. The second-order valence-electron chi connectivity index (χ2n) is 4.68. The number of nitrogens with zero attached hydrogens (tertiary/aromatic N) is 1. The maximum atomic E-state index is 12.1. The summed E-state index contributed by atoms with van der Waals surface area (Å²) in [4.78, 5) is 14.0. The lowest BCUT2D eigenvalue weighted by Crippen LogP contribution is -2.50. The van der Waals surface area contributed by atoms with Crippen molar-refractivity contribution in [2.24, 2.45) is 17.1 Å². The molecule has 0 bridgehead atoms. The number of likely N-dealkylation sites (tertiary alicyclic amines) is 1. The van der Waals surface area contributed by atoms with Crippen LogP contribution >= 0.6 is 0 Å². The van der Waals surface area contributed by atoms with Gasteiger partial charge in [0.25, 0.3) is 0 Å². The minimum atomic E-state index is -0.179. The fourth-order valence-corrected chi connectivity index (χ4v) is 2.53. The summed E-state index contributed by atoms with van der Waals surface area (Å²) in [6.45, 7) is 5.77. The number of amides is 1. The Hall–Kier alpha value is -0.570. The van der Waals surface area contributed by atoms with E-state index in [1.165, 1.54) is 0 Å². The Bertz CT molecular complexity index is 211. The molecule has 1 unspecified atom stereocenters. The van der Waals surface area contributed by atoms with Gasteiger partial charge in [0.1, 0.15) is 0 Å². The first kappa shape index (κ1) is 11.5. The Morgan fingerprint density at radius 3 is 2.71 bits per heavy atom. The van der Waals surface area contributed by atoms with Crippen LogP contribution in [0.4, 0.5) is 0 Å². The number of piperidine rings is 1. The van der Waals surface area contributed by atoms with Gasteiger partial charge in [-0.15, -0.1) is 0 Å². The molecule has 0 radical (unpaired) electrons. The standard InChI is InChI=1S/C11H22N2O/c1-9(2)11(6-7-12)5-4-8-13(3)10(11)14/h9H,4-8,12H2,1-3H3. The Labute approximate surface area is 86.6 Å². The number of hydrogen-bond acceptors (Lipinski definition) is 2. The largest absolute Gasteiger partial charge is 0.345 e. The lowest BCUT2D eigenvalue weighted by atomic mass is 9.68. The molecule has 1 fully saturated rings. The fourth-order valence-electron chi connectivity index (χ4n) is 2.53. The van der Waals surface area contributed by atoms with E-state index in [1.54, 1.807) is 0 Å². The second-order valence-corrected chi connectivity index (χ2v) is 4.68. The SMILES string of the molecule is CC(C)C1(CCN)CCCN(C)C1=O. The summed E-state index contributed by atoms with van der Waals surface area (Å²) < 4.78 is 0. The quantitative estimate of drug-likeness (QED) is 0.741. The van der Waals surface area contributed by atoms with Gasteiger partial charge in [-0.2, -0.15) is 0 Å². The number of hydrogen-bond donors (Lipinski definition) is 1. The van der Waals surface area contributed by atoms with Gasteiger partial charge < -0.3 is 10.6 Å². The highest BCUT2D eigenvalue weighted by Crippen LogP contribution is 2.40. The van der Waals surface area contributed by atoms with Gasteiger partial charge in [-0.25, -0.2) is 0 Å². The normalized spacial score (nSPS) is 28.6. The molecule has 0 aromatic rings. The van der Waals surface area contributed by atoms with E-state index in [0.717, 1.165) is 25.8 Å². The van der Waals surface area contributed by atoms with Crippen molar-refractivity contribution in [1.82, 2.24) is 4.90 Å².